The number of nitrogens with zero attached hydrogens (tertiary/aromatic N) is 1. The summed E-state index contributed by atoms with van der Waals surface area (Å²) in [6.07, 6.45) is -2.77. The van der Waals surface area contributed by atoms with Crippen LogP contribution in [-0.2, 0) is 14.3 Å². The second-order valence-electron chi connectivity index (χ2n) is 14.9. The summed E-state index contributed by atoms with van der Waals surface area (Å²) in [5.74, 6) is -7.51. The summed E-state index contributed by atoms with van der Waals surface area (Å²) in [5, 5.41) is 54.1. The highest BCUT2D eigenvalue weighted by Gasteiger charge is 2.36. The van der Waals surface area contributed by atoms with Crippen molar-refractivity contribution in [1.29, 1.82) is 0 Å². The average molecular weight is 921 g/mol. The highest BCUT2D eigenvalue weighted by atomic mass is 16.6. The molecule has 0 aromatic heterocycles. The molecule has 0 spiro atoms. The molecule has 5 aromatic rings. The maximum absolute atomic E-state index is 13.5. The van der Waals surface area contributed by atoms with Gasteiger partial charge in [0.15, 0.2) is 17.6 Å². The molecule has 0 aliphatic carbocycles. The Morgan fingerprint density at radius 3 is 1.61 bits per heavy atom. The van der Waals surface area contributed by atoms with Crippen LogP contribution in [0.15, 0.2) is 103 Å². The summed E-state index contributed by atoms with van der Waals surface area (Å²) >= 11 is 0. The molecule has 21 nitrogen and oxygen atoms in total. The Morgan fingerprint density at radius 2 is 1.09 bits per heavy atom. The van der Waals surface area contributed by atoms with E-state index in [-0.39, 0.29) is 73.9 Å². The Kier molecular flexibility index (Phi) is 15.9. The van der Waals surface area contributed by atoms with Crippen LogP contribution >= 0.6 is 0 Å². The fourth-order valence-corrected chi connectivity index (χ4v) is 6.15. The number of non-ortho nitro benzene ring substituents is 1. The molecule has 0 fully saturated rings. The standard InChI is InChI=1S/C46H44N6O15/c1-23(2)66-35-22-28(45(59)60)12-20-33(35)49-43(57)32-19-21-34(38(37(32)53)67-24(3)4)50-41(55)25-6-15-30(16-7-25)48-44(58)36(39(65-5)46(61)62)51-42(56)26-8-13-29(14-9-26)47-40(54)27-10-17-31(18-11-27)52(63)64/h6-24,36,39,53H,1-5H3,(H,47,54)(H,48,58)(H,49,57)(H,50,55)(H,51,56)(H,59,60)(H,61,62)/t36-,39+/m0/s1. The van der Waals surface area contributed by atoms with Crippen molar-refractivity contribution in [1.82, 2.24) is 5.32 Å². The number of aromatic hydroxyl groups is 1. The number of nitro benzene ring substituents is 1. The summed E-state index contributed by atoms with van der Waals surface area (Å²) in [5.41, 5.74) is 0.0958. The second-order valence-corrected chi connectivity index (χ2v) is 14.9. The summed E-state index contributed by atoms with van der Waals surface area (Å²) in [6.45, 7) is 6.74. The minimum atomic E-state index is -1.85. The molecule has 2 atom stereocenters. The molecule has 0 bridgehead atoms. The molecule has 0 unspecified atom stereocenters. The fraction of sp³-hybridized carbons (Fsp3) is 0.196. The molecule has 0 heterocycles. The van der Waals surface area contributed by atoms with E-state index in [4.69, 9.17) is 14.2 Å². The predicted molar refractivity (Wildman–Crippen MR) is 241 cm³/mol. The van der Waals surface area contributed by atoms with Gasteiger partial charge in [-0.05, 0) is 119 Å². The normalized spacial score (nSPS) is 11.7. The summed E-state index contributed by atoms with van der Waals surface area (Å²) in [7, 11) is 1.03. The van der Waals surface area contributed by atoms with E-state index in [1.165, 1.54) is 103 Å². The number of carboxylic acid groups (broad SMARTS) is 2. The number of aromatic carboxylic acids is 1. The van der Waals surface area contributed by atoms with E-state index in [0.29, 0.717) is 0 Å². The molecular formula is C46H44N6O15. The minimum absolute atomic E-state index is 0.0146. The number of hydrogen-bond donors (Lipinski definition) is 8. The number of carbonyl (C=O) groups excluding carboxylic acids is 5. The first-order valence-corrected chi connectivity index (χ1v) is 20.1. The van der Waals surface area contributed by atoms with Crippen molar-refractivity contribution >= 4 is 69.9 Å². The van der Waals surface area contributed by atoms with Gasteiger partial charge < -0.3 is 56.1 Å². The van der Waals surface area contributed by atoms with Crippen molar-refractivity contribution in [2.24, 2.45) is 0 Å². The van der Waals surface area contributed by atoms with Crippen LogP contribution in [0.25, 0.3) is 0 Å². The van der Waals surface area contributed by atoms with Gasteiger partial charge in [-0.1, -0.05) is 0 Å². The number of benzene rings is 5. The lowest BCUT2D eigenvalue weighted by molar-refractivity contribution is -0.384. The molecule has 21 heteroatoms. The molecule has 67 heavy (non-hydrogen) atoms. The number of ether oxygens (including phenoxy) is 3. The lowest BCUT2D eigenvalue weighted by Crippen LogP contribution is -2.54. The minimum Gasteiger partial charge on any atom is -0.504 e. The Morgan fingerprint density at radius 1 is 0.597 bits per heavy atom. The Hall–Kier alpha value is -8.85. The van der Waals surface area contributed by atoms with Crippen LogP contribution in [0.2, 0.25) is 0 Å². The Labute approximate surface area is 381 Å². The number of phenols is 1. The van der Waals surface area contributed by atoms with Crippen molar-refractivity contribution in [3.05, 3.63) is 141 Å². The van der Waals surface area contributed by atoms with Gasteiger partial charge in [-0.15, -0.1) is 0 Å². The number of nitrogens with one attached hydrogen (secondary N) is 5. The van der Waals surface area contributed by atoms with E-state index in [1.54, 1.807) is 27.7 Å². The van der Waals surface area contributed by atoms with E-state index in [9.17, 15) is 59.0 Å². The van der Waals surface area contributed by atoms with Gasteiger partial charge in [-0.25, -0.2) is 9.59 Å². The highest BCUT2D eigenvalue weighted by Crippen LogP contribution is 2.39. The first kappa shape index (κ1) is 49.2. The number of aliphatic carboxylic acids is 1. The number of methoxy groups -OCH3 is 1. The monoisotopic (exact) mass is 920 g/mol. The van der Waals surface area contributed by atoms with Crippen LogP contribution in [0.1, 0.15) is 79.5 Å². The molecular weight excluding hydrogens is 877 g/mol. The molecule has 0 saturated heterocycles. The van der Waals surface area contributed by atoms with E-state index < -0.39 is 70.4 Å². The van der Waals surface area contributed by atoms with Crippen molar-refractivity contribution in [3.63, 3.8) is 0 Å². The zero-order chi connectivity index (χ0) is 49.1. The van der Waals surface area contributed by atoms with Crippen molar-refractivity contribution in [2.45, 2.75) is 52.0 Å². The van der Waals surface area contributed by atoms with E-state index in [1.807, 2.05) is 0 Å². The van der Waals surface area contributed by atoms with Gasteiger partial charge in [-0.3, -0.25) is 34.1 Å². The predicted octanol–water partition coefficient (Wildman–Crippen LogP) is 6.17. The molecule has 0 aliphatic heterocycles. The third kappa shape index (κ3) is 12.7. The number of hydrogen-bond acceptors (Lipinski definition) is 13. The molecule has 0 radical (unpaired) electrons. The molecule has 348 valence electrons. The molecule has 0 saturated carbocycles. The van der Waals surface area contributed by atoms with Crippen LogP contribution in [0.3, 0.4) is 0 Å². The zero-order valence-corrected chi connectivity index (χ0v) is 36.3. The molecule has 5 amide bonds. The van der Waals surface area contributed by atoms with Crippen molar-refractivity contribution in [2.75, 3.05) is 28.4 Å². The number of anilines is 4. The third-order valence-corrected chi connectivity index (χ3v) is 9.35. The van der Waals surface area contributed by atoms with Crippen LogP contribution in [0, 0.1) is 10.1 Å². The number of nitro groups is 1. The number of carboxylic acids is 2. The summed E-state index contributed by atoms with van der Waals surface area (Å²) in [4.78, 5) is 100. The van der Waals surface area contributed by atoms with Crippen molar-refractivity contribution in [3.8, 4) is 17.2 Å². The Balaban J connectivity index is 1.27. The highest BCUT2D eigenvalue weighted by molar-refractivity contribution is 6.10. The third-order valence-electron chi connectivity index (χ3n) is 9.35. The van der Waals surface area contributed by atoms with Crippen LogP contribution in [-0.4, -0.2) is 93.2 Å². The summed E-state index contributed by atoms with van der Waals surface area (Å²) < 4.78 is 16.5. The molecule has 5 rings (SSSR count). The quantitative estimate of drug-likeness (QED) is 0.0339. The molecule has 5 aromatic carbocycles. The number of amides is 5. The lowest BCUT2D eigenvalue weighted by atomic mass is 10.1. The van der Waals surface area contributed by atoms with Gasteiger partial charge in [0.05, 0.1) is 39.6 Å². The number of rotatable bonds is 19. The number of phenolic OH excluding ortho intramolecular Hbond substituents is 1. The van der Waals surface area contributed by atoms with Gasteiger partial charge in [0.2, 0.25) is 5.91 Å². The first-order chi connectivity index (χ1) is 31.8. The fourth-order valence-electron chi connectivity index (χ4n) is 6.15. The molecule has 8 N–H and O–H groups in total. The maximum Gasteiger partial charge on any atom is 0.335 e. The topological polar surface area (TPSA) is 311 Å². The van der Waals surface area contributed by atoms with Crippen LogP contribution in [0.4, 0.5) is 28.4 Å². The van der Waals surface area contributed by atoms with Gasteiger partial charge in [0, 0.05) is 47.3 Å². The maximum atomic E-state index is 13.5. The second kappa shape index (κ2) is 21.7. The smallest absolute Gasteiger partial charge is 0.335 e. The SMILES string of the molecule is CO[C@@H](C(=O)O)[C@H](NC(=O)c1ccc(NC(=O)c2ccc([N+](=O)[O-])cc2)cc1)C(=O)Nc1ccc(C(=O)Nc2ccc(C(=O)Nc3ccc(C(=O)O)cc3OC(C)C)c(O)c2OC(C)C)cc1. The van der Waals surface area contributed by atoms with E-state index in [0.717, 1.165) is 7.11 Å². The van der Waals surface area contributed by atoms with Gasteiger partial charge in [0.25, 0.3) is 29.3 Å². The number of carbonyl (C=O) groups is 7. The van der Waals surface area contributed by atoms with Crippen LogP contribution < -0.4 is 36.1 Å². The average Bonchev–Trinajstić information content (AvgIpc) is 3.28. The summed E-state index contributed by atoms with van der Waals surface area (Å²) in [6, 6.07) is 20.2. The van der Waals surface area contributed by atoms with Gasteiger partial charge in [-0.2, -0.15) is 0 Å². The van der Waals surface area contributed by atoms with Gasteiger partial charge >= 0.3 is 11.9 Å². The zero-order valence-electron chi connectivity index (χ0n) is 36.3. The van der Waals surface area contributed by atoms with E-state index >= 15 is 0 Å². The van der Waals surface area contributed by atoms with Crippen molar-refractivity contribution < 1.29 is 68.0 Å². The van der Waals surface area contributed by atoms with E-state index in [2.05, 4.69) is 26.6 Å². The van der Waals surface area contributed by atoms with Crippen LogP contribution in [0.5, 0.6) is 17.2 Å². The Bertz CT molecular complexity index is 2700. The largest absolute Gasteiger partial charge is 0.504 e. The first-order valence-electron chi connectivity index (χ1n) is 20.1. The molecule has 0 aliphatic rings. The van der Waals surface area contributed by atoms with Gasteiger partial charge in [0.1, 0.15) is 11.8 Å². The lowest BCUT2D eigenvalue weighted by Gasteiger charge is -2.23.